The number of carbonyl (C=O) groups is 2. The van der Waals surface area contributed by atoms with Crippen molar-refractivity contribution < 1.29 is 14.7 Å². The minimum atomic E-state index is 0.0185. The molecule has 2 heterocycles. The van der Waals surface area contributed by atoms with Crippen molar-refractivity contribution in [2.45, 2.75) is 39.0 Å². The fraction of sp³-hybridized carbons (Fsp3) is 0.619. The second-order valence-electron chi connectivity index (χ2n) is 8.03. The van der Waals surface area contributed by atoms with E-state index in [4.69, 9.17) is 0 Å². The number of aliphatic hydroxyl groups excluding tert-OH is 1. The number of carbonyl (C=O) groups excluding carboxylic acids is 2. The first kappa shape index (κ1) is 19.8. The molecule has 0 aromatic heterocycles. The molecule has 1 spiro atoms. The van der Waals surface area contributed by atoms with Crippen LogP contribution in [0.3, 0.4) is 0 Å². The number of para-hydroxylation sites is 1. The quantitative estimate of drug-likeness (QED) is 0.800. The Balaban J connectivity index is 1.52. The van der Waals surface area contributed by atoms with Crippen LogP contribution in [0.15, 0.2) is 24.3 Å². The summed E-state index contributed by atoms with van der Waals surface area (Å²) in [7, 11) is 0. The molecule has 148 valence electrons. The molecule has 1 atom stereocenters. The number of aryl methyl sites for hydroxylation is 1. The molecule has 6 heteroatoms. The minimum absolute atomic E-state index is 0.0185. The fourth-order valence-corrected chi connectivity index (χ4v) is 4.45. The molecular formula is C21H31N3O3. The zero-order valence-electron chi connectivity index (χ0n) is 16.2. The molecule has 2 fully saturated rings. The van der Waals surface area contributed by atoms with Gasteiger partial charge in [0.25, 0.3) is 0 Å². The molecule has 2 N–H and O–H groups in total. The van der Waals surface area contributed by atoms with Crippen molar-refractivity contribution in [2.75, 3.05) is 44.6 Å². The normalized spacial score (nSPS) is 23.6. The largest absolute Gasteiger partial charge is 0.395 e. The van der Waals surface area contributed by atoms with Crippen LogP contribution in [-0.2, 0) is 9.59 Å². The van der Waals surface area contributed by atoms with Crippen LogP contribution in [0, 0.1) is 12.3 Å². The number of benzene rings is 1. The van der Waals surface area contributed by atoms with Crippen molar-refractivity contribution in [1.82, 2.24) is 9.80 Å². The maximum atomic E-state index is 12.3. The van der Waals surface area contributed by atoms with Crippen molar-refractivity contribution in [3.05, 3.63) is 29.8 Å². The lowest BCUT2D eigenvalue weighted by molar-refractivity contribution is -0.140. The van der Waals surface area contributed by atoms with Gasteiger partial charge in [-0.05, 0) is 44.4 Å². The number of anilines is 1. The van der Waals surface area contributed by atoms with Crippen LogP contribution in [0.4, 0.5) is 5.69 Å². The van der Waals surface area contributed by atoms with Gasteiger partial charge in [0.2, 0.25) is 11.8 Å². The molecule has 2 amide bonds. The molecule has 0 radical (unpaired) electrons. The Morgan fingerprint density at radius 3 is 2.81 bits per heavy atom. The number of hydrogen-bond donors (Lipinski definition) is 2. The van der Waals surface area contributed by atoms with Crippen LogP contribution >= 0.6 is 0 Å². The zero-order valence-corrected chi connectivity index (χ0v) is 16.2. The van der Waals surface area contributed by atoms with E-state index in [1.165, 1.54) is 0 Å². The highest BCUT2D eigenvalue weighted by atomic mass is 16.3. The Morgan fingerprint density at radius 2 is 2.04 bits per heavy atom. The van der Waals surface area contributed by atoms with Crippen molar-refractivity contribution >= 4 is 17.5 Å². The summed E-state index contributed by atoms with van der Waals surface area (Å²) in [6.07, 6.45) is 4.18. The highest BCUT2D eigenvalue weighted by Crippen LogP contribution is 2.38. The van der Waals surface area contributed by atoms with E-state index >= 15 is 0 Å². The standard InChI is InChI=1S/C21H31N3O3/c1-17-5-2-3-6-18(17)22-19(26)8-12-23-11-4-9-21(15-23)10-7-20(27)24(16-21)13-14-25/h2-3,5-6,25H,4,7-16H2,1H3,(H,22,26)/t21-/m1/s1. The Labute approximate surface area is 161 Å². The van der Waals surface area contributed by atoms with Gasteiger partial charge in [-0.2, -0.15) is 0 Å². The van der Waals surface area contributed by atoms with Crippen LogP contribution in [0.5, 0.6) is 0 Å². The third kappa shape index (κ3) is 5.08. The minimum Gasteiger partial charge on any atom is -0.395 e. The highest BCUT2D eigenvalue weighted by Gasteiger charge is 2.41. The van der Waals surface area contributed by atoms with Gasteiger partial charge in [-0.15, -0.1) is 0 Å². The van der Waals surface area contributed by atoms with Crippen molar-refractivity contribution in [2.24, 2.45) is 5.41 Å². The van der Waals surface area contributed by atoms with E-state index in [1.807, 2.05) is 36.1 Å². The summed E-state index contributed by atoms with van der Waals surface area (Å²) in [6, 6.07) is 7.82. The lowest BCUT2D eigenvalue weighted by Gasteiger charge is -2.48. The predicted octanol–water partition coefficient (Wildman–Crippen LogP) is 2.02. The van der Waals surface area contributed by atoms with Gasteiger partial charge in [0.15, 0.2) is 0 Å². The number of aliphatic hydroxyl groups is 1. The number of β-amino-alcohol motifs (C(OH)–C–C–N with tert-alkyl or cyclic N) is 1. The first-order valence-corrected chi connectivity index (χ1v) is 9.98. The summed E-state index contributed by atoms with van der Waals surface area (Å²) in [4.78, 5) is 28.6. The lowest BCUT2D eigenvalue weighted by Crippen LogP contribution is -2.54. The second kappa shape index (κ2) is 8.85. The van der Waals surface area contributed by atoms with Gasteiger partial charge in [0.1, 0.15) is 0 Å². The number of nitrogens with zero attached hydrogens (tertiary/aromatic N) is 2. The number of piperidine rings is 2. The zero-order chi connectivity index (χ0) is 19.3. The number of rotatable bonds is 6. The van der Waals surface area contributed by atoms with Crippen LogP contribution in [-0.4, -0.2) is 66.1 Å². The number of likely N-dealkylation sites (tertiary alicyclic amines) is 2. The van der Waals surface area contributed by atoms with Crippen LogP contribution in [0.25, 0.3) is 0 Å². The average molecular weight is 373 g/mol. The first-order chi connectivity index (χ1) is 13.0. The molecule has 0 saturated carbocycles. The van der Waals surface area contributed by atoms with Crippen molar-refractivity contribution in [3.63, 3.8) is 0 Å². The molecule has 1 aromatic carbocycles. The van der Waals surface area contributed by atoms with E-state index in [-0.39, 0.29) is 23.8 Å². The van der Waals surface area contributed by atoms with Gasteiger partial charge in [0.05, 0.1) is 6.61 Å². The summed E-state index contributed by atoms with van der Waals surface area (Å²) in [5.74, 6) is 0.203. The van der Waals surface area contributed by atoms with E-state index in [9.17, 15) is 14.7 Å². The molecule has 3 rings (SSSR count). The maximum Gasteiger partial charge on any atom is 0.225 e. The van der Waals surface area contributed by atoms with Gasteiger partial charge >= 0.3 is 0 Å². The molecule has 27 heavy (non-hydrogen) atoms. The maximum absolute atomic E-state index is 12.3. The SMILES string of the molecule is Cc1ccccc1NC(=O)CCN1CCC[C@@]2(CCC(=O)N(CCO)C2)C1. The molecule has 0 aliphatic carbocycles. The molecule has 1 aromatic rings. The molecule has 6 nitrogen and oxygen atoms in total. The van der Waals surface area contributed by atoms with Gasteiger partial charge < -0.3 is 20.2 Å². The molecule has 0 bridgehead atoms. The van der Waals surface area contributed by atoms with Gasteiger partial charge in [-0.25, -0.2) is 0 Å². The molecular weight excluding hydrogens is 342 g/mol. The van der Waals surface area contributed by atoms with Gasteiger partial charge in [-0.1, -0.05) is 18.2 Å². The Morgan fingerprint density at radius 1 is 1.22 bits per heavy atom. The first-order valence-electron chi connectivity index (χ1n) is 9.98. The van der Waals surface area contributed by atoms with E-state index in [2.05, 4.69) is 10.2 Å². The Kier molecular flexibility index (Phi) is 6.50. The molecule has 2 aliphatic heterocycles. The molecule has 2 aliphatic rings. The summed E-state index contributed by atoms with van der Waals surface area (Å²) in [5.41, 5.74) is 2.06. The molecule has 2 saturated heterocycles. The monoisotopic (exact) mass is 373 g/mol. The Bertz CT molecular complexity index is 678. The third-order valence-electron chi connectivity index (χ3n) is 5.93. The predicted molar refractivity (Wildman–Crippen MR) is 105 cm³/mol. The summed E-state index contributed by atoms with van der Waals surface area (Å²) >= 11 is 0. The van der Waals surface area contributed by atoms with E-state index in [1.54, 1.807) is 0 Å². The number of hydrogen-bond acceptors (Lipinski definition) is 4. The van der Waals surface area contributed by atoms with Crippen LogP contribution in [0.1, 0.15) is 37.7 Å². The van der Waals surface area contributed by atoms with Crippen molar-refractivity contribution in [3.8, 4) is 0 Å². The number of amides is 2. The van der Waals surface area contributed by atoms with Gasteiger partial charge in [-0.3, -0.25) is 9.59 Å². The summed E-state index contributed by atoms with van der Waals surface area (Å²) in [5, 5.41) is 12.2. The highest BCUT2D eigenvalue weighted by molar-refractivity contribution is 5.91. The average Bonchev–Trinajstić information content (AvgIpc) is 2.66. The van der Waals surface area contributed by atoms with Crippen molar-refractivity contribution in [1.29, 1.82) is 0 Å². The van der Waals surface area contributed by atoms with Gasteiger partial charge in [0, 0.05) is 50.1 Å². The second-order valence-corrected chi connectivity index (χ2v) is 8.03. The Hall–Kier alpha value is -1.92. The van der Waals surface area contributed by atoms with Crippen LogP contribution in [0.2, 0.25) is 0 Å². The van der Waals surface area contributed by atoms with Crippen LogP contribution < -0.4 is 5.32 Å². The van der Waals surface area contributed by atoms with E-state index in [0.29, 0.717) is 19.4 Å². The van der Waals surface area contributed by atoms with E-state index < -0.39 is 0 Å². The topological polar surface area (TPSA) is 72.9 Å². The molecule has 0 unspecified atom stereocenters. The number of nitrogens with one attached hydrogen (secondary N) is 1. The third-order valence-corrected chi connectivity index (χ3v) is 5.93. The summed E-state index contributed by atoms with van der Waals surface area (Å²) in [6.45, 7) is 5.86. The van der Waals surface area contributed by atoms with E-state index in [0.717, 1.165) is 56.7 Å². The lowest BCUT2D eigenvalue weighted by atomic mass is 9.73. The smallest absolute Gasteiger partial charge is 0.225 e. The fourth-order valence-electron chi connectivity index (χ4n) is 4.45. The summed E-state index contributed by atoms with van der Waals surface area (Å²) < 4.78 is 0.